The van der Waals surface area contributed by atoms with Crippen LogP contribution in [-0.2, 0) is 0 Å². The van der Waals surface area contributed by atoms with E-state index in [0.717, 1.165) is 28.3 Å². The van der Waals surface area contributed by atoms with E-state index >= 15 is 0 Å². The van der Waals surface area contributed by atoms with E-state index in [2.05, 4.69) is 16.0 Å². The molecule has 6 heteroatoms. The zero-order valence-corrected chi connectivity index (χ0v) is 15.6. The molecule has 0 aliphatic carbocycles. The third kappa shape index (κ3) is 3.97. The Morgan fingerprint density at radius 2 is 1.76 bits per heavy atom. The third-order valence-corrected chi connectivity index (χ3v) is 4.54. The predicted octanol–water partition coefficient (Wildman–Crippen LogP) is 3.93. The van der Waals surface area contributed by atoms with Crippen LogP contribution in [0.2, 0.25) is 0 Å². The number of methoxy groups -OCH3 is 1. The molecule has 0 bridgehead atoms. The van der Waals surface area contributed by atoms with Crippen molar-refractivity contribution in [3.05, 3.63) is 71.4 Å². The number of benzene rings is 2. The zero-order valence-electron chi connectivity index (χ0n) is 14.0. The largest absolute Gasteiger partial charge is 0.497 e. The normalized spacial score (nSPS) is 16.7. The molecule has 1 heterocycles. The average molecular weight is 370 g/mol. The molecule has 3 rings (SSSR count). The fourth-order valence-corrected chi connectivity index (χ4v) is 3.42. The highest BCUT2D eigenvalue weighted by molar-refractivity contribution is 7.81. The monoisotopic (exact) mass is 369 g/mol. The van der Waals surface area contributed by atoms with Crippen molar-refractivity contribution >= 4 is 40.2 Å². The molecule has 2 aromatic carbocycles. The van der Waals surface area contributed by atoms with Gasteiger partial charge in [-0.25, -0.2) is 0 Å². The van der Waals surface area contributed by atoms with Crippen LogP contribution in [0.5, 0.6) is 5.75 Å². The van der Waals surface area contributed by atoms with Crippen molar-refractivity contribution in [3.63, 3.8) is 0 Å². The first-order chi connectivity index (χ1) is 12.1. The Labute approximate surface area is 158 Å². The molecule has 25 heavy (non-hydrogen) atoms. The van der Waals surface area contributed by atoms with Gasteiger partial charge in [-0.3, -0.25) is 0 Å². The SMILES string of the molecule is COc1ccc([C@@H]2NC(=S)NC(C)=C2C(=S)Nc2ccccc2)cc1. The lowest BCUT2D eigenvalue weighted by Crippen LogP contribution is -2.45. The lowest BCUT2D eigenvalue weighted by Gasteiger charge is -2.31. The maximum atomic E-state index is 5.68. The summed E-state index contributed by atoms with van der Waals surface area (Å²) in [4.78, 5) is 0.659. The lowest BCUT2D eigenvalue weighted by atomic mass is 9.95. The van der Waals surface area contributed by atoms with Crippen molar-refractivity contribution in [2.75, 3.05) is 12.4 Å². The molecule has 3 N–H and O–H groups in total. The molecule has 0 spiro atoms. The van der Waals surface area contributed by atoms with E-state index in [1.54, 1.807) is 7.11 Å². The Balaban J connectivity index is 1.93. The molecular weight excluding hydrogens is 350 g/mol. The van der Waals surface area contributed by atoms with E-state index in [1.165, 1.54) is 0 Å². The van der Waals surface area contributed by atoms with Crippen molar-refractivity contribution in [2.45, 2.75) is 13.0 Å². The van der Waals surface area contributed by atoms with E-state index in [-0.39, 0.29) is 6.04 Å². The van der Waals surface area contributed by atoms with Crippen molar-refractivity contribution in [3.8, 4) is 5.75 Å². The van der Waals surface area contributed by atoms with Gasteiger partial charge in [-0.15, -0.1) is 0 Å². The number of hydrogen-bond acceptors (Lipinski definition) is 3. The molecule has 1 atom stereocenters. The summed E-state index contributed by atoms with van der Waals surface area (Å²) in [5, 5.41) is 10.4. The number of para-hydroxylation sites is 1. The minimum Gasteiger partial charge on any atom is -0.497 e. The first-order valence-electron chi connectivity index (χ1n) is 7.87. The predicted molar refractivity (Wildman–Crippen MR) is 110 cm³/mol. The van der Waals surface area contributed by atoms with Gasteiger partial charge < -0.3 is 20.7 Å². The maximum absolute atomic E-state index is 5.68. The van der Waals surface area contributed by atoms with Crippen molar-refractivity contribution in [1.82, 2.24) is 10.6 Å². The highest BCUT2D eigenvalue weighted by Gasteiger charge is 2.27. The van der Waals surface area contributed by atoms with E-state index < -0.39 is 0 Å². The Bertz CT molecular complexity index is 816. The zero-order chi connectivity index (χ0) is 17.8. The van der Waals surface area contributed by atoms with Crippen LogP contribution in [-0.4, -0.2) is 17.2 Å². The number of nitrogens with one attached hydrogen (secondary N) is 3. The maximum Gasteiger partial charge on any atom is 0.171 e. The number of hydrogen-bond donors (Lipinski definition) is 3. The molecule has 1 aliphatic rings. The molecule has 2 aromatic rings. The molecule has 0 fully saturated rings. The van der Waals surface area contributed by atoms with Gasteiger partial charge in [0, 0.05) is 17.0 Å². The molecule has 1 aliphatic heterocycles. The van der Waals surface area contributed by atoms with Gasteiger partial charge >= 0.3 is 0 Å². The number of thiocarbonyl (C=S) groups is 2. The molecule has 0 amide bonds. The smallest absolute Gasteiger partial charge is 0.171 e. The Hall–Kier alpha value is -2.44. The van der Waals surface area contributed by atoms with Crippen LogP contribution < -0.4 is 20.7 Å². The lowest BCUT2D eigenvalue weighted by molar-refractivity contribution is 0.414. The third-order valence-electron chi connectivity index (χ3n) is 3.99. The fourth-order valence-electron chi connectivity index (χ4n) is 2.76. The summed E-state index contributed by atoms with van der Waals surface area (Å²) in [6, 6.07) is 17.7. The van der Waals surface area contributed by atoms with Crippen LogP contribution in [0.15, 0.2) is 65.9 Å². The van der Waals surface area contributed by atoms with Crippen molar-refractivity contribution < 1.29 is 4.74 Å². The molecule has 4 nitrogen and oxygen atoms in total. The number of rotatable bonds is 4. The molecular formula is C19H19N3OS2. The van der Waals surface area contributed by atoms with E-state index in [9.17, 15) is 0 Å². The van der Waals surface area contributed by atoms with Crippen LogP contribution in [0.3, 0.4) is 0 Å². The summed E-state index contributed by atoms with van der Waals surface area (Å²) in [5.41, 5.74) is 3.93. The van der Waals surface area contributed by atoms with E-state index in [1.807, 2.05) is 61.5 Å². The van der Waals surface area contributed by atoms with Crippen LogP contribution in [0.1, 0.15) is 18.5 Å². The minimum atomic E-state index is -0.122. The summed E-state index contributed by atoms with van der Waals surface area (Å²) in [7, 11) is 1.65. The average Bonchev–Trinajstić information content (AvgIpc) is 2.62. The van der Waals surface area contributed by atoms with Crippen LogP contribution in [0, 0.1) is 0 Å². The Morgan fingerprint density at radius 1 is 1.08 bits per heavy atom. The van der Waals surface area contributed by atoms with Gasteiger partial charge in [-0.2, -0.15) is 0 Å². The van der Waals surface area contributed by atoms with Crippen LogP contribution in [0.4, 0.5) is 5.69 Å². The molecule has 0 unspecified atom stereocenters. The first-order valence-corrected chi connectivity index (χ1v) is 8.69. The van der Waals surface area contributed by atoms with E-state index in [0.29, 0.717) is 10.1 Å². The van der Waals surface area contributed by atoms with Gasteiger partial charge in [0.15, 0.2) is 5.11 Å². The fraction of sp³-hybridized carbons (Fsp3) is 0.158. The molecule has 0 saturated carbocycles. The van der Waals surface area contributed by atoms with Gasteiger partial charge in [0.25, 0.3) is 0 Å². The highest BCUT2D eigenvalue weighted by atomic mass is 32.1. The second kappa shape index (κ2) is 7.63. The number of ether oxygens (including phenoxy) is 1. The van der Waals surface area contributed by atoms with Gasteiger partial charge in [-0.05, 0) is 49.0 Å². The summed E-state index contributed by atoms with van der Waals surface area (Å²) in [6.07, 6.45) is 0. The molecule has 128 valence electrons. The van der Waals surface area contributed by atoms with Crippen LogP contribution in [0.25, 0.3) is 0 Å². The Morgan fingerprint density at radius 3 is 2.40 bits per heavy atom. The molecule has 0 saturated heterocycles. The summed E-state index contributed by atoms with van der Waals surface area (Å²) < 4.78 is 5.24. The topological polar surface area (TPSA) is 45.3 Å². The van der Waals surface area contributed by atoms with E-state index in [4.69, 9.17) is 29.2 Å². The second-order valence-corrected chi connectivity index (χ2v) is 6.48. The minimum absolute atomic E-state index is 0.122. The second-order valence-electron chi connectivity index (χ2n) is 5.66. The summed E-state index contributed by atoms with van der Waals surface area (Å²) in [6.45, 7) is 1.98. The Kier molecular flexibility index (Phi) is 5.31. The quantitative estimate of drug-likeness (QED) is 0.710. The van der Waals surface area contributed by atoms with Gasteiger partial charge in [0.1, 0.15) is 10.7 Å². The number of allylic oxidation sites excluding steroid dienone is 1. The molecule has 0 aromatic heterocycles. The van der Waals surface area contributed by atoms with Crippen LogP contribution >= 0.6 is 24.4 Å². The summed E-state index contributed by atoms with van der Waals surface area (Å²) >= 11 is 11.0. The van der Waals surface area contributed by atoms with Gasteiger partial charge in [-0.1, -0.05) is 42.5 Å². The summed E-state index contributed by atoms with van der Waals surface area (Å²) in [5.74, 6) is 0.812. The van der Waals surface area contributed by atoms with Crippen molar-refractivity contribution in [2.24, 2.45) is 0 Å². The van der Waals surface area contributed by atoms with Gasteiger partial charge in [0.2, 0.25) is 0 Å². The number of anilines is 1. The van der Waals surface area contributed by atoms with Gasteiger partial charge in [0.05, 0.1) is 13.2 Å². The van der Waals surface area contributed by atoms with Crippen molar-refractivity contribution in [1.29, 1.82) is 0 Å². The molecule has 0 radical (unpaired) electrons. The standard InChI is InChI=1S/C19H19N3OS2/c1-12-16(18(24)21-14-6-4-3-5-7-14)17(22-19(25)20-12)13-8-10-15(23-2)11-9-13/h3-11,17H,1-2H3,(H,21,24)(H2,20,22,25)/t17-/m0/s1. The first kappa shape index (κ1) is 17.4. The highest BCUT2D eigenvalue weighted by Crippen LogP contribution is 2.29.